The third kappa shape index (κ3) is 5.52. The van der Waals surface area contributed by atoms with E-state index in [2.05, 4.69) is 45.1 Å². The van der Waals surface area contributed by atoms with Gasteiger partial charge in [-0.2, -0.15) is 0 Å². The molecule has 39 heavy (non-hydrogen) atoms. The molecule has 7 nitrogen and oxygen atoms in total. The fraction of sp³-hybridized carbons (Fsp3) is 0.531. The molecule has 1 saturated carbocycles. The van der Waals surface area contributed by atoms with Crippen molar-refractivity contribution in [2.24, 2.45) is 11.8 Å². The standard InChI is InChI=1S/C32H40N4O3/c37-31-27-13-7-8-14-29(27)33-22-36(31)26-15-17-34(18-16-26)19-25-20-35(21-28(25)23-9-3-1-4-10-23)30(32(38)39)24-11-5-2-6-12-24/h1,3-4,7-10,13-14,22,24-26,28,30H,2,5-6,11-12,15-21H2,(H,38,39)/t25?,28-,30-/m1/s1. The van der Waals surface area contributed by atoms with Gasteiger partial charge in [-0.05, 0) is 55.2 Å². The van der Waals surface area contributed by atoms with Gasteiger partial charge in [0.1, 0.15) is 6.04 Å². The molecule has 1 N–H and O–H groups in total. The first-order chi connectivity index (χ1) is 19.1. The number of likely N-dealkylation sites (tertiary alicyclic amines) is 2. The Hall–Kier alpha value is -3.03. The van der Waals surface area contributed by atoms with Crippen LogP contribution in [0.3, 0.4) is 0 Å². The summed E-state index contributed by atoms with van der Waals surface area (Å²) in [6, 6.07) is 18.0. The van der Waals surface area contributed by atoms with Gasteiger partial charge in [0.15, 0.2) is 0 Å². The number of carboxylic acids is 1. The van der Waals surface area contributed by atoms with E-state index >= 15 is 0 Å². The van der Waals surface area contributed by atoms with E-state index in [4.69, 9.17) is 0 Å². The molecule has 0 radical (unpaired) electrons. The topological polar surface area (TPSA) is 78.7 Å². The molecule has 2 aromatic carbocycles. The van der Waals surface area contributed by atoms with Gasteiger partial charge < -0.3 is 10.0 Å². The van der Waals surface area contributed by atoms with E-state index in [1.165, 1.54) is 12.0 Å². The summed E-state index contributed by atoms with van der Waals surface area (Å²) in [7, 11) is 0. The van der Waals surface area contributed by atoms with Crippen LogP contribution in [0.1, 0.15) is 62.5 Å². The number of benzene rings is 2. The van der Waals surface area contributed by atoms with Crippen molar-refractivity contribution < 1.29 is 9.90 Å². The number of piperidine rings is 1. The number of carboxylic acid groups (broad SMARTS) is 1. The fourth-order valence-corrected chi connectivity index (χ4v) is 7.56. The van der Waals surface area contributed by atoms with Crippen molar-refractivity contribution in [3.63, 3.8) is 0 Å². The van der Waals surface area contributed by atoms with E-state index in [0.717, 1.165) is 76.8 Å². The van der Waals surface area contributed by atoms with Crippen LogP contribution in [0, 0.1) is 11.8 Å². The van der Waals surface area contributed by atoms with Crippen molar-refractivity contribution in [2.45, 2.75) is 62.9 Å². The molecule has 206 valence electrons. The average molecular weight is 529 g/mol. The zero-order chi connectivity index (χ0) is 26.8. The lowest BCUT2D eigenvalue weighted by Gasteiger charge is -2.35. The molecule has 3 fully saturated rings. The highest BCUT2D eigenvalue weighted by molar-refractivity contribution is 5.77. The summed E-state index contributed by atoms with van der Waals surface area (Å²) in [5.74, 6) is 0.335. The number of hydrogen-bond donors (Lipinski definition) is 1. The first-order valence-electron chi connectivity index (χ1n) is 14.8. The van der Waals surface area contributed by atoms with Crippen LogP contribution in [-0.4, -0.2) is 69.2 Å². The molecule has 1 aromatic heterocycles. The van der Waals surface area contributed by atoms with Gasteiger partial charge >= 0.3 is 5.97 Å². The van der Waals surface area contributed by atoms with E-state index in [0.29, 0.717) is 17.2 Å². The number of aromatic nitrogens is 2. The molecule has 6 rings (SSSR count). The van der Waals surface area contributed by atoms with E-state index in [1.807, 2.05) is 28.8 Å². The van der Waals surface area contributed by atoms with Crippen LogP contribution in [0.4, 0.5) is 0 Å². The molecule has 0 bridgehead atoms. The van der Waals surface area contributed by atoms with Crippen LogP contribution in [-0.2, 0) is 4.79 Å². The Labute approximate surface area is 230 Å². The first-order valence-corrected chi connectivity index (χ1v) is 14.8. The van der Waals surface area contributed by atoms with Crippen LogP contribution in [0.15, 0.2) is 65.7 Å². The Morgan fingerprint density at radius 2 is 1.64 bits per heavy atom. The molecule has 1 unspecified atom stereocenters. The van der Waals surface area contributed by atoms with Gasteiger partial charge in [-0.25, -0.2) is 4.98 Å². The largest absolute Gasteiger partial charge is 0.480 e. The molecule has 1 aliphatic carbocycles. The summed E-state index contributed by atoms with van der Waals surface area (Å²) < 4.78 is 1.84. The summed E-state index contributed by atoms with van der Waals surface area (Å²) >= 11 is 0. The zero-order valence-electron chi connectivity index (χ0n) is 22.7. The molecule has 2 aliphatic heterocycles. The van der Waals surface area contributed by atoms with E-state index in [1.54, 1.807) is 6.33 Å². The summed E-state index contributed by atoms with van der Waals surface area (Å²) in [6.07, 6.45) is 9.17. The van der Waals surface area contributed by atoms with Crippen LogP contribution < -0.4 is 5.56 Å². The van der Waals surface area contributed by atoms with Gasteiger partial charge in [-0.3, -0.25) is 19.1 Å². The maximum absolute atomic E-state index is 13.1. The smallest absolute Gasteiger partial charge is 0.321 e. The van der Waals surface area contributed by atoms with Gasteiger partial charge in [-0.15, -0.1) is 0 Å². The zero-order valence-corrected chi connectivity index (χ0v) is 22.7. The second kappa shape index (κ2) is 11.6. The fourth-order valence-electron chi connectivity index (χ4n) is 7.56. The number of fused-ring (bicyclic) bond motifs is 1. The number of nitrogens with zero attached hydrogens (tertiary/aromatic N) is 4. The molecule has 3 aliphatic rings. The molecule has 7 heteroatoms. The van der Waals surface area contributed by atoms with E-state index in [-0.39, 0.29) is 23.6 Å². The number of hydrogen-bond acceptors (Lipinski definition) is 5. The monoisotopic (exact) mass is 528 g/mol. The lowest BCUT2D eigenvalue weighted by Crippen LogP contribution is -2.46. The van der Waals surface area contributed by atoms with E-state index in [9.17, 15) is 14.7 Å². The summed E-state index contributed by atoms with van der Waals surface area (Å²) in [5.41, 5.74) is 2.13. The van der Waals surface area contributed by atoms with Crippen LogP contribution in [0.2, 0.25) is 0 Å². The van der Waals surface area contributed by atoms with Crippen molar-refractivity contribution in [2.75, 3.05) is 32.7 Å². The molecule has 0 amide bonds. The highest BCUT2D eigenvalue weighted by atomic mass is 16.4. The van der Waals surface area contributed by atoms with Gasteiger partial charge in [0.05, 0.1) is 17.2 Å². The molecule has 3 atom stereocenters. The summed E-state index contributed by atoms with van der Waals surface area (Å²) in [5, 5.41) is 11.0. The Kier molecular flexibility index (Phi) is 7.80. The second-order valence-corrected chi connectivity index (χ2v) is 11.9. The van der Waals surface area contributed by atoms with Crippen LogP contribution in [0.25, 0.3) is 10.9 Å². The SMILES string of the molecule is O=C(O)[C@@H](C1CCCCC1)N1CC(CN2CCC(n3cnc4ccccc4c3=O)CC2)[C@@H](c2ccccc2)C1. The maximum atomic E-state index is 13.1. The minimum absolute atomic E-state index is 0.0528. The Morgan fingerprint density at radius 1 is 0.923 bits per heavy atom. The quantitative estimate of drug-likeness (QED) is 0.476. The molecule has 2 saturated heterocycles. The number of aliphatic carboxylic acids is 1. The second-order valence-electron chi connectivity index (χ2n) is 11.9. The normalized spacial score (nSPS) is 24.7. The van der Waals surface area contributed by atoms with Gasteiger partial charge in [0.25, 0.3) is 5.56 Å². The summed E-state index contributed by atoms with van der Waals surface area (Å²) in [6.45, 7) is 4.49. The van der Waals surface area contributed by atoms with Crippen molar-refractivity contribution in [1.82, 2.24) is 19.4 Å². The van der Waals surface area contributed by atoms with Gasteiger partial charge in [0, 0.05) is 44.7 Å². The van der Waals surface area contributed by atoms with Crippen molar-refractivity contribution in [3.8, 4) is 0 Å². The Balaban J connectivity index is 1.16. The van der Waals surface area contributed by atoms with Crippen LogP contribution >= 0.6 is 0 Å². The average Bonchev–Trinajstić information content (AvgIpc) is 3.37. The van der Waals surface area contributed by atoms with Crippen molar-refractivity contribution >= 4 is 16.9 Å². The third-order valence-corrected chi connectivity index (χ3v) is 9.57. The maximum Gasteiger partial charge on any atom is 0.321 e. The first kappa shape index (κ1) is 26.2. The highest BCUT2D eigenvalue weighted by Gasteiger charge is 2.43. The predicted molar refractivity (Wildman–Crippen MR) is 153 cm³/mol. The van der Waals surface area contributed by atoms with Crippen LogP contribution in [0.5, 0.6) is 0 Å². The lowest BCUT2D eigenvalue weighted by atomic mass is 9.83. The molecular weight excluding hydrogens is 488 g/mol. The molecular formula is C32H40N4O3. The third-order valence-electron chi connectivity index (χ3n) is 9.57. The number of carbonyl (C=O) groups is 1. The number of para-hydroxylation sites is 1. The minimum Gasteiger partial charge on any atom is -0.480 e. The van der Waals surface area contributed by atoms with Crippen molar-refractivity contribution in [3.05, 3.63) is 76.8 Å². The highest BCUT2D eigenvalue weighted by Crippen LogP contribution is 2.38. The van der Waals surface area contributed by atoms with E-state index < -0.39 is 5.97 Å². The van der Waals surface area contributed by atoms with Crippen molar-refractivity contribution in [1.29, 1.82) is 0 Å². The molecule has 3 aromatic rings. The lowest BCUT2D eigenvalue weighted by molar-refractivity contribution is -0.145. The Bertz CT molecular complexity index is 1330. The van der Waals surface area contributed by atoms with Gasteiger partial charge in [-0.1, -0.05) is 61.7 Å². The minimum atomic E-state index is -0.649. The molecule has 0 spiro atoms. The van der Waals surface area contributed by atoms with Gasteiger partial charge in [0.2, 0.25) is 0 Å². The summed E-state index contributed by atoms with van der Waals surface area (Å²) in [4.78, 5) is 35.0. The Morgan fingerprint density at radius 3 is 2.38 bits per heavy atom. The molecule has 3 heterocycles. The number of rotatable bonds is 7. The predicted octanol–water partition coefficient (Wildman–Crippen LogP) is 4.78.